The average molecular weight is 424 g/mol. The van der Waals surface area contributed by atoms with E-state index in [0.29, 0.717) is 17.5 Å². The summed E-state index contributed by atoms with van der Waals surface area (Å²) in [6, 6.07) is 11.5. The lowest BCUT2D eigenvalue weighted by molar-refractivity contribution is -0.385. The van der Waals surface area contributed by atoms with Crippen LogP contribution in [-0.2, 0) is 9.59 Å². The van der Waals surface area contributed by atoms with Gasteiger partial charge in [0.1, 0.15) is 0 Å². The minimum absolute atomic E-state index is 0.0973. The number of hydrazone groups is 2. The van der Waals surface area contributed by atoms with Crippen molar-refractivity contribution in [3.05, 3.63) is 79.9 Å². The van der Waals surface area contributed by atoms with Crippen LogP contribution < -0.4 is 10.9 Å². The maximum absolute atomic E-state index is 12.1. The summed E-state index contributed by atoms with van der Waals surface area (Å²) in [6.45, 7) is 0. The summed E-state index contributed by atoms with van der Waals surface area (Å²) in [5.41, 5.74) is 5.29. The summed E-state index contributed by atoms with van der Waals surface area (Å²) < 4.78 is 0. The van der Waals surface area contributed by atoms with E-state index >= 15 is 0 Å². The van der Waals surface area contributed by atoms with Crippen molar-refractivity contribution in [2.24, 2.45) is 22.0 Å². The number of rotatable bonds is 8. The van der Waals surface area contributed by atoms with Crippen molar-refractivity contribution in [2.45, 2.75) is 6.42 Å². The van der Waals surface area contributed by atoms with E-state index in [1.807, 2.05) is 0 Å². The number of hydrogen-bond acceptors (Lipinski definition) is 8. The highest BCUT2D eigenvalue weighted by atomic mass is 16.6. The molecule has 0 unspecified atom stereocenters. The molecule has 0 radical (unpaired) electrons. The van der Waals surface area contributed by atoms with E-state index in [-0.39, 0.29) is 11.4 Å². The molecular formula is C19H16N6O6. The van der Waals surface area contributed by atoms with Gasteiger partial charge >= 0.3 is 0 Å². The number of nitro groups is 2. The van der Waals surface area contributed by atoms with Crippen LogP contribution in [0.25, 0.3) is 0 Å². The first-order valence-electron chi connectivity index (χ1n) is 9.00. The minimum Gasteiger partial charge on any atom is -0.273 e. The van der Waals surface area contributed by atoms with Gasteiger partial charge in [-0.15, -0.1) is 0 Å². The predicted molar refractivity (Wildman–Crippen MR) is 109 cm³/mol. The molecule has 0 aliphatic heterocycles. The van der Waals surface area contributed by atoms with Gasteiger partial charge in [0.15, 0.2) is 0 Å². The second kappa shape index (κ2) is 9.35. The van der Waals surface area contributed by atoms with Crippen LogP contribution in [0.4, 0.5) is 11.4 Å². The van der Waals surface area contributed by atoms with Gasteiger partial charge in [-0.1, -0.05) is 24.3 Å². The van der Waals surface area contributed by atoms with Crippen LogP contribution in [-0.4, -0.2) is 34.1 Å². The van der Waals surface area contributed by atoms with Crippen LogP contribution in [0.2, 0.25) is 0 Å². The molecule has 1 fully saturated rings. The molecule has 2 N–H and O–H groups in total. The zero-order chi connectivity index (χ0) is 22.4. The van der Waals surface area contributed by atoms with Crippen molar-refractivity contribution in [3.8, 4) is 0 Å². The Balaban J connectivity index is 1.46. The van der Waals surface area contributed by atoms with Crippen molar-refractivity contribution < 1.29 is 19.4 Å². The largest absolute Gasteiger partial charge is 0.273 e. The lowest BCUT2D eigenvalue weighted by Crippen LogP contribution is -2.25. The fraction of sp³-hybridized carbons (Fsp3) is 0.158. The Hall–Kier alpha value is -4.48. The highest BCUT2D eigenvalue weighted by Crippen LogP contribution is 2.38. The van der Waals surface area contributed by atoms with Crippen LogP contribution in [0, 0.1) is 32.1 Å². The Kier molecular flexibility index (Phi) is 6.40. The Morgan fingerprint density at radius 3 is 1.65 bits per heavy atom. The number of non-ortho nitro benzene ring substituents is 2. The van der Waals surface area contributed by atoms with Gasteiger partial charge in [-0.2, -0.15) is 10.2 Å². The third-order valence-corrected chi connectivity index (χ3v) is 4.40. The molecule has 2 atom stereocenters. The van der Waals surface area contributed by atoms with Crippen LogP contribution >= 0.6 is 0 Å². The van der Waals surface area contributed by atoms with E-state index in [9.17, 15) is 29.8 Å². The molecule has 0 aromatic heterocycles. The minimum atomic E-state index is -0.560. The van der Waals surface area contributed by atoms with E-state index in [0.717, 1.165) is 0 Å². The second-order valence-corrected chi connectivity index (χ2v) is 6.62. The standard InChI is InChI=1S/C19H16N6O6/c26-18(22-20-10-12-3-1-5-14(7-12)24(28)29)16-9-17(16)19(27)23-21-11-13-4-2-6-15(8-13)25(30)31/h1-8,10-11,16-17H,9H2,(H,22,26)(H,23,27)/b20-10-,21-11-/t16-,17+. The van der Waals surface area contributed by atoms with E-state index in [1.54, 1.807) is 12.1 Å². The molecule has 3 rings (SSSR count). The third-order valence-electron chi connectivity index (χ3n) is 4.40. The molecule has 2 aromatic rings. The number of benzene rings is 2. The maximum Gasteiger partial charge on any atom is 0.270 e. The summed E-state index contributed by atoms with van der Waals surface area (Å²) in [5.74, 6) is -2.03. The lowest BCUT2D eigenvalue weighted by atomic mass is 10.2. The number of nitrogens with zero attached hydrogens (tertiary/aromatic N) is 4. The van der Waals surface area contributed by atoms with Crippen LogP contribution in [0.5, 0.6) is 0 Å². The van der Waals surface area contributed by atoms with Gasteiger partial charge in [-0.05, 0) is 6.42 Å². The molecule has 2 amide bonds. The van der Waals surface area contributed by atoms with Gasteiger partial charge < -0.3 is 0 Å². The third kappa shape index (κ3) is 5.76. The van der Waals surface area contributed by atoms with Crippen LogP contribution in [0.3, 0.4) is 0 Å². The molecule has 1 aliphatic rings. The molecule has 12 nitrogen and oxygen atoms in total. The number of carbonyl (C=O) groups is 2. The number of hydrogen-bond donors (Lipinski definition) is 2. The maximum atomic E-state index is 12.1. The molecule has 158 valence electrons. The van der Waals surface area contributed by atoms with Crippen molar-refractivity contribution in [1.29, 1.82) is 0 Å². The lowest BCUT2D eigenvalue weighted by Gasteiger charge is -2.00. The average Bonchev–Trinajstić information content (AvgIpc) is 3.55. The molecular weight excluding hydrogens is 408 g/mol. The molecule has 12 heteroatoms. The van der Waals surface area contributed by atoms with Crippen molar-refractivity contribution >= 4 is 35.6 Å². The summed E-state index contributed by atoms with van der Waals surface area (Å²) in [5, 5.41) is 29.0. The second-order valence-electron chi connectivity index (χ2n) is 6.62. The van der Waals surface area contributed by atoms with Gasteiger partial charge in [-0.25, -0.2) is 10.9 Å². The zero-order valence-electron chi connectivity index (χ0n) is 15.9. The molecule has 0 heterocycles. The normalized spacial score (nSPS) is 17.4. The summed E-state index contributed by atoms with van der Waals surface area (Å²) in [7, 11) is 0. The predicted octanol–water partition coefficient (Wildman–Crippen LogP) is 1.74. The first-order valence-corrected chi connectivity index (χ1v) is 9.00. The monoisotopic (exact) mass is 424 g/mol. The SMILES string of the molecule is O=C(N/N=C\c1cccc([N+](=O)[O-])c1)[C@H]1C[C@H]1C(=O)N/N=C\c1cccc([N+](=O)[O-])c1. The van der Waals surface area contributed by atoms with Gasteiger partial charge in [0, 0.05) is 35.4 Å². The number of amides is 2. The molecule has 1 saturated carbocycles. The van der Waals surface area contributed by atoms with Crippen LogP contribution in [0.15, 0.2) is 58.7 Å². The Morgan fingerprint density at radius 1 is 0.839 bits per heavy atom. The molecule has 2 aromatic carbocycles. The quantitative estimate of drug-likeness (QED) is 0.371. The summed E-state index contributed by atoms with van der Waals surface area (Å²) in [6.07, 6.45) is 2.87. The van der Waals surface area contributed by atoms with E-state index < -0.39 is 33.5 Å². The fourth-order valence-electron chi connectivity index (χ4n) is 2.72. The highest BCUT2D eigenvalue weighted by Gasteiger charge is 2.48. The first-order chi connectivity index (χ1) is 14.8. The molecule has 0 bridgehead atoms. The molecule has 0 saturated heterocycles. The fourth-order valence-corrected chi connectivity index (χ4v) is 2.72. The Morgan fingerprint density at radius 2 is 1.26 bits per heavy atom. The number of nitro benzene ring substituents is 2. The smallest absolute Gasteiger partial charge is 0.270 e. The first kappa shape index (κ1) is 21.2. The highest BCUT2D eigenvalue weighted by molar-refractivity contribution is 5.93. The van der Waals surface area contributed by atoms with Gasteiger partial charge in [-0.3, -0.25) is 29.8 Å². The topological polar surface area (TPSA) is 169 Å². The molecule has 0 spiro atoms. The molecule has 1 aliphatic carbocycles. The van der Waals surface area contributed by atoms with Gasteiger partial charge in [0.2, 0.25) is 11.8 Å². The van der Waals surface area contributed by atoms with Gasteiger partial charge in [0.05, 0.1) is 34.1 Å². The van der Waals surface area contributed by atoms with E-state index in [4.69, 9.17) is 0 Å². The number of nitrogens with one attached hydrogen (secondary N) is 2. The van der Waals surface area contributed by atoms with Crippen molar-refractivity contribution in [3.63, 3.8) is 0 Å². The van der Waals surface area contributed by atoms with Crippen molar-refractivity contribution in [2.75, 3.05) is 0 Å². The zero-order valence-corrected chi connectivity index (χ0v) is 15.9. The Labute approximate surface area is 174 Å². The van der Waals surface area contributed by atoms with E-state index in [1.165, 1.54) is 48.8 Å². The van der Waals surface area contributed by atoms with Crippen LogP contribution in [0.1, 0.15) is 17.5 Å². The number of carbonyl (C=O) groups excluding carboxylic acids is 2. The Bertz CT molecular complexity index is 1010. The summed E-state index contributed by atoms with van der Waals surface area (Å²) >= 11 is 0. The van der Waals surface area contributed by atoms with E-state index in [2.05, 4.69) is 21.1 Å². The van der Waals surface area contributed by atoms with Crippen molar-refractivity contribution in [1.82, 2.24) is 10.9 Å². The van der Waals surface area contributed by atoms with Gasteiger partial charge in [0.25, 0.3) is 11.4 Å². The summed E-state index contributed by atoms with van der Waals surface area (Å²) in [4.78, 5) is 44.6. The molecule has 31 heavy (non-hydrogen) atoms.